The van der Waals surface area contributed by atoms with Crippen LogP contribution in [0.3, 0.4) is 0 Å². The molecule has 0 aliphatic rings. The Bertz CT molecular complexity index is 1600. The van der Waals surface area contributed by atoms with E-state index in [1.165, 1.54) is 32.7 Å². The van der Waals surface area contributed by atoms with Crippen LogP contribution in [0.25, 0.3) is 21.5 Å². The number of unbranched alkanes of at least 4 members (excludes halogenated alkanes) is 4. The Kier molecular flexibility index (Phi) is 15.4. The number of rotatable bonds is 21. The Hall–Kier alpha value is -4.27. The van der Waals surface area contributed by atoms with E-state index in [-0.39, 0.29) is 19.8 Å². The molecule has 0 radical (unpaired) electrons. The molecule has 0 aliphatic heterocycles. The number of esters is 2. The van der Waals surface area contributed by atoms with E-state index in [1.54, 1.807) is 13.8 Å². The minimum Gasteiger partial charge on any atom is -0.464 e. The summed E-state index contributed by atoms with van der Waals surface area (Å²) in [7, 11) is 0. The summed E-state index contributed by atoms with van der Waals surface area (Å²) in [6.45, 7) is 3.80. The minimum absolute atomic E-state index is 0.0957. The molecular weight excluding hydrogens is 606 g/mol. The average Bonchev–Trinajstić information content (AvgIpc) is 3.10. The van der Waals surface area contributed by atoms with Crippen molar-refractivity contribution in [2.45, 2.75) is 77.4 Å². The molecule has 256 valence electrons. The van der Waals surface area contributed by atoms with Gasteiger partial charge in [0.2, 0.25) is 0 Å². The van der Waals surface area contributed by atoms with Crippen LogP contribution in [-0.2, 0) is 46.2 Å². The molecule has 0 fully saturated rings. The van der Waals surface area contributed by atoms with Crippen LogP contribution in [0.1, 0.15) is 63.5 Å². The number of carbonyl (C=O) groups is 3. The lowest BCUT2D eigenvalue weighted by molar-refractivity contribution is -0.177. The van der Waals surface area contributed by atoms with Crippen molar-refractivity contribution in [3.05, 3.63) is 96.1 Å². The van der Waals surface area contributed by atoms with E-state index in [2.05, 4.69) is 66.0 Å². The summed E-state index contributed by atoms with van der Waals surface area (Å²) in [6.07, 6.45) is 4.44. The lowest BCUT2D eigenvalue weighted by atomic mass is 10.0. The molecule has 2 atom stereocenters. The predicted molar refractivity (Wildman–Crippen MR) is 189 cm³/mol. The molecule has 0 saturated heterocycles. The van der Waals surface area contributed by atoms with Crippen molar-refractivity contribution in [2.24, 2.45) is 0 Å². The van der Waals surface area contributed by atoms with Gasteiger partial charge in [-0.3, -0.25) is 4.79 Å². The molecule has 48 heavy (non-hydrogen) atoms. The smallest absolute Gasteiger partial charge is 0.338 e. The second-order valence-corrected chi connectivity index (χ2v) is 11.9. The summed E-state index contributed by atoms with van der Waals surface area (Å²) < 4.78 is 21.8. The molecule has 8 heteroatoms. The van der Waals surface area contributed by atoms with Gasteiger partial charge in [0, 0.05) is 13.2 Å². The molecule has 1 amide bonds. The Labute approximate surface area is 284 Å². The number of fused-ring (bicyclic) bond motifs is 2. The quantitative estimate of drug-likeness (QED) is 0.0753. The highest BCUT2D eigenvalue weighted by Gasteiger charge is 2.37. The number of aryl methyl sites for hydroxylation is 2. The molecule has 4 aromatic carbocycles. The SMILES string of the molecule is CCOC(=O)CO[C@@H](C(=O)OCC)[C@@H](OCCCCCc1ccc2ccccc2c1)C(=O)NCCCCCc1ccc2ccccc2c1. The van der Waals surface area contributed by atoms with E-state index < -0.39 is 36.7 Å². The number of carbonyl (C=O) groups excluding carboxylic acids is 3. The van der Waals surface area contributed by atoms with E-state index in [1.807, 2.05) is 24.3 Å². The third-order valence-electron chi connectivity index (χ3n) is 8.21. The summed E-state index contributed by atoms with van der Waals surface area (Å²) in [5.74, 6) is -1.86. The molecule has 0 saturated carbocycles. The molecular formula is C40H49NO7. The van der Waals surface area contributed by atoms with Crippen LogP contribution in [-0.4, -0.2) is 63.0 Å². The molecule has 8 nitrogen and oxygen atoms in total. The van der Waals surface area contributed by atoms with E-state index >= 15 is 0 Å². The molecule has 0 heterocycles. The fourth-order valence-corrected chi connectivity index (χ4v) is 5.71. The van der Waals surface area contributed by atoms with Gasteiger partial charge in [0.05, 0.1) is 13.2 Å². The Morgan fingerprint density at radius 2 is 1.17 bits per heavy atom. The van der Waals surface area contributed by atoms with Gasteiger partial charge in [0.1, 0.15) is 6.61 Å². The lowest BCUT2D eigenvalue weighted by Gasteiger charge is -2.25. The van der Waals surface area contributed by atoms with Gasteiger partial charge in [-0.15, -0.1) is 0 Å². The van der Waals surface area contributed by atoms with Crippen molar-refractivity contribution in [1.29, 1.82) is 0 Å². The normalized spacial score (nSPS) is 12.5. The zero-order chi connectivity index (χ0) is 34.0. The van der Waals surface area contributed by atoms with Crippen LogP contribution >= 0.6 is 0 Å². The van der Waals surface area contributed by atoms with Gasteiger partial charge in [-0.1, -0.05) is 97.8 Å². The van der Waals surface area contributed by atoms with Crippen molar-refractivity contribution < 1.29 is 33.3 Å². The van der Waals surface area contributed by atoms with Gasteiger partial charge < -0.3 is 24.3 Å². The monoisotopic (exact) mass is 655 g/mol. The van der Waals surface area contributed by atoms with Crippen LogP contribution < -0.4 is 5.32 Å². The maximum absolute atomic E-state index is 13.4. The molecule has 4 aromatic rings. The molecule has 0 bridgehead atoms. The molecule has 0 unspecified atom stereocenters. The fourth-order valence-electron chi connectivity index (χ4n) is 5.71. The third kappa shape index (κ3) is 11.8. The number of amides is 1. The number of benzene rings is 4. The van der Waals surface area contributed by atoms with Gasteiger partial charge in [-0.2, -0.15) is 0 Å². The van der Waals surface area contributed by atoms with Crippen LogP contribution in [0.2, 0.25) is 0 Å². The number of nitrogens with one attached hydrogen (secondary N) is 1. The van der Waals surface area contributed by atoms with E-state index in [4.69, 9.17) is 18.9 Å². The maximum atomic E-state index is 13.4. The van der Waals surface area contributed by atoms with Crippen molar-refractivity contribution in [2.75, 3.05) is 33.0 Å². The first-order chi connectivity index (χ1) is 23.5. The van der Waals surface area contributed by atoms with Crippen molar-refractivity contribution >= 4 is 39.4 Å². The Morgan fingerprint density at radius 1 is 0.604 bits per heavy atom. The average molecular weight is 656 g/mol. The fraction of sp³-hybridized carbons (Fsp3) is 0.425. The second-order valence-electron chi connectivity index (χ2n) is 11.9. The maximum Gasteiger partial charge on any atom is 0.338 e. The van der Waals surface area contributed by atoms with Crippen LogP contribution in [0, 0.1) is 0 Å². The standard InChI is InChI=1S/C40H49NO7/c1-3-45-36(42)29-48-38(40(44)46-4-2)37(47-26-14-6-8-16-31-22-24-33-18-10-12-20-35(33)28-31)39(43)41-25-13-5-7-15-30-21-23-32-17-9-11-19-34(32)27-30/h9-12,17-24,27-28,37-38H,3-8,13-16,25-26,29H2,1-2H3,(H,41,43)/t37-,38-/m1/s1. The summed E-state index contributed by atoms with van der Waals surface area (Å²) >= 11 is 0. The summed E-state index contributed by atoms with van der Waals surface area (Å²) in [4.78, 5) is 38.4. The van der Waals surface area contributed by atoms with Crippen LogP contribution in [0.15, 0.2) is 84.9 Å². The molecule has 0 aliphatic carbocycles. The zero-order valence-corrected chi connectivity index (χ0v) is 28.3. The first kappa shape index (κ1) is 36.6. The summed E-state index contributed by atoms with van der Waals surface area (Å²) in [6, 6.07) is 29.7. The van der Waals surface area contributed by atoms with Gasteiger partial charge in [-0.05, 0) is 85.0 Å². The minimum atomic E-state index is -1.40. The second kappa shape index (κ2) is 20.2. The van der Waals surface area contributed by atoms with Crippen molar-refractivity contribution in [3.8, 4) is 0 Å². The number of hydrogen-bond acceptors (Lipinski definition) is 7. The third-order valence-corrected chi connectivity index (χ3v) is 8.21. The lowest BCUT2D eigenvalue weighted by Crippen LogP contribution is -2.50. The highest BCUT2D eigenvalue weighted by molar-refractivity contribution is 5.89. The summed E-state index contributed by atoms with van der Waals surface area (Å²) in [5.41, 5.74) is 2.57. The van der Waals surface area contributed by atoms with Gasteiger partial charge in [0.15, 0.2) is 12.2 Å². The summed E-state index contributed by atoms with van der Waals surface area (Å²) in [5, 5.41) is 7.83. The predicted octanol–water partition coefficient (Wildman–Crippen LogP) is 7.13. The highest BCUT2D eigenvalue weighted by atomic mass is 16.6. The van der Waals surface area contributed by atoms with Crippen LogP contribution in [0.4, 0.5) is 0 Å². The molecule has 0 spiro atoms. The van der Waals surface area contributed by atoms with E-state index in [9.17, 15) is 14.4 Å². The molecule has 4 rings (SSSR count). The van der Waals surface area contributed by atoms with Gasteiger partial charge in [0.25, 0.3) is 5.91 Å². The first-order valence-electron chi connectivity index (χ1n) is 17.3. The van der Waals surface area contributed by atoms with Crippen LogP contribution in [0.5, 0.6) is 0 Å². The molecule has 0 aromatic heterocycles. The number of ether oxygens (including phenoxy) is 4. The number of hydrogen-bond donors (Lipinski definition) is 1. The van der Waals surface area contributed by atoms with E-state index in [0.717, 1.165) is 44.9 Å². The van der Waals surface area contributed by atoms with Gasteiger partial charge >= 0.3 is 11.9 Å². The topological polar surface area (TPSA) is 100 Å². The van der Waals surface area contributed by atoms with Crippen molar-refractivity contribution in [3.63, 3.8) is 0 Å². The largest absolute Gasteiger partial charge is 0.464 e. The highest BCUT2D eigenvalue weighted by Crippen LogP contribution is 2.19. The van der Waals surface area contributed by atoms with Crippen molar-refractivity contribution in [1.82, 2.24) is 5.32 Å². The van der Waals surface area contributed by atoms with Gasteiger partial charge in [-0.25, -0.2) is 9.59 Å². The molecule has 1 N–H and O–H groups in total. The zero-order valence-electron chi connectivity index (χ0n) is 28.3. The Balaban J connectivity index is 1.27. The van der Waals surface area contributed by atoms with E-state index in [0.29, 0.717) is 13.0 Å². The Morgan fingerprint density at radius 3 is 1.75 bits per heavy atom. The first-order valence-corrected chi connectivity index (χ1v) is 17.3.